The van der Waals surface area contributed by atoms with Gasteiger partial charge in [0.05, 0.1) is 40.7 Å². The lowest BCUT2D eigenvalue weighted by Crippen LogP contribution is -2.09. The van der Waals surface area contributed by atoms with Crippen LogP contribution >= 0.6 is 23.2 Å². The summed E-state index contributed by atoms with van der Waals surface area (Å²) in [5, 5.41) is 9.10. The second-order valence-corrected chi connectivity index (χ2v) is 6.79. The monoisotopic (exact) mass is 444 g/mol. The summed E-state index contributed by atoms with van der Waals surface area (Å²) >= 11 is 11.9. The van der Waals surface area contributed by atoms with Crippen LogP contribution in [0.3, 0.4) is 0 Å². The maximum Gasteiger partial charge on any atom is 0.343 e. The minimum atomic E-state index is -0.512. The van der Waals surface area contributed by atoms with Crippen LogP contribution in [0.4, 0.5) is 11.4 Å². The highest BCUT2D eigenvalue weighted by Crippen LogP contribution is 2.33. The number of halogens is 2. The van der Waals surface area contributed by atoms with Gasteiger partial charge in [0.1, 0.15) is 5.75 Å². The van der Waals surface area contributed by atoms with Crippen LogP contribution in [-0.2, 0) is 0 Å². The summed E-state index contributed by atoms with van der Waals surface area (Å²) in [7, 11) is 1.48. The van der Waals surface area contributed by atoms with Gasteiger partial charge in [-0.3, -0.25) is 0 Å². The van der Waals surface area contributed by atoms with Crippen LogP contribution in [0.5, 0.6) is 17.2 Å². The lowest BCUT2D eigenvalue weighted by Gasteiger charge is -2.10. The number of azo groups is 1. The Morgan fingerprint density at radius 1 is 0.867 bits per heavy atom. The lowest BCUT2D eigenvalue weighted by molar-refractivity contribution is 0.0729. The molecule has 0 aliphatic heterocycles. The third-order valence-corrected chi connectivity index (χ3v) is 4.67. The molecule has 0 aromatic heterocycles. The van der Waals surface area contributed by atoms with E-state index < -0.39 is 5.97 Å². The Bertz CT molecular complexity index is 1070. The summed E-state index contributed by atoms with van der Waals surface area (Å²) in [5.74, 6) is 0.787. The molecule has 0 bridgehead atoms. The van der Waals surface area contributed by atoms with Gasteiger partial charge in [0.25, 0.3) is 0 Å². The molecule has 154 valence electrons. The fourth-order valence-corrected chi connectivity index (χ4v) is 2.77. The Hall–Kier alpha value is -3.09. The maximum atomic E-state index is 12.4. The number of hydrogen-bond acceptors (Lipinski definition) is 6. The molecule has 6 nitrogen and oxygen atoms in total. The van der Waals surface area contributed by atoms with Gasteiger partial charge in [-0.05, 0) is 61.5 Å². The van der Waals surface area contributed by atoms with Crippen LogP contribution in [0.2, 0.25) is 10.0 Å². The molecule has 0 N–H and O–H groups in total. The van der Waals surface area contributed by atoms with Crippen LogP contribution in [0.15, 0.2) is 70.9 Å². The molecular formula is C22H18Cl2N2O4. The summed E-state index contributed by atoms with van der Waals surface area (Å²) in [6.07, 6.45) is 0. The average molecular weight is 445 g/mol. The molecule has 0 fully saturated rings. The zero-order chi connectivity index (χ0) is 21.5. The molecule has 30 heavy (non-hydrogen) atoms. The van der Waals surface area contributed by atoms with E-state index in [9.17, 15) is 4.79 Å². The summed E-state index contributed by atoms with van der Waals surface area (Å²) in [5.41, 5.74) is 1.46. The highest BCUT2D eigenvalue weighted by atomic mass is 35.5. The van der Waals surface area contributed by atoms with Crippen molar-refractivity contribution in [2.45, 2.75) is 6.92 Å². The van der Waals surface area contributed by atoms with Crippen LogP contribution in [-0.4, -0.2) is 19.7 Å². The van der Waals surface area contributed by atoms with Crippen LogP contribution in [0.25, 0.3) is 0 Å². The predicted molar refractivity (Wildman–Crippen MR) is 116 cm³/mol. The van der Waals surface area contributed by atoms with Crippen molar-refractivity contribution in [3.63, 3.8) is 0 Å². The van der Waals surface area contributed by atoms with Crippen molar-refractivity contribution < 1.29 is 19.0 Å². The summed E-state index contributed by atoms with van der Waals surface area (Å²) < 4.78 is 16.2. The van der Waals surface area contributed by atoms with Gasteiger partial charge in [-0.25, -0.2) is 4.79 Å². The number of hydrogen-bond donors (Lipinski definition) is 0. The SMILES string of the molecule is CCOc1ccc(C(=O)Oc2ccc(N=Nc3ccc(Cl)c(Cl)c3)cc2OC)cc1. The number of carbonyl (C=O) groups excluding carboxylic acids is 1. The molecule has 8 heteroatoms. The van der Waals surface area contributed by atoms with E-state index in [2.05, 4.69) is 10.2 Å². The molecule has 0 saturated heterocycles. The van der Waals surface area contributed by atoms with Crippen molar-refractivity contribution in [2.75, 3.05) is 13.7 Å². The number of esters is 1. The van der Waals surface area contributed by atoms with Gasteiger partial charge < -0.3 is 14.2 Å². The van der Waals surface area contributed by atoms with Crippen LogP contribution in [0.1, 0.15) is 17.3 Å². The molecule has 0 aliphatic carbocycles. The fraction of sp³-hybridized carbons (Fsp3) is 0.136. The Morgan fingerprint density at radius 3 is 2.17 bits per heavy atom. The zero-order valence-corrected chi connectivity index (χ0v) is 17.8. The Kier molecular flexibility index (Phi) is 7.27. The van der Waals surface area contributed by atoms with Crippen molar-refractivity contribution >= 4 is 40.5 Å². The van der Waals surface area contributed by atoms with E-state index in [1.54, 1.807) is 60.7 Å². The van der Waals surface area contributed by atoms with Crippen molar-refractivity contribution in [1.29, 1.82) is 0 Å². The van der Waals surface area contributed by atoms with E-state index in [1.807, 2.05) is 6.92 Å². The van der Waals surface area contributed by atoms with Crippen LogP contribution in [0, 0.1) is 0 Å². The largest absolute Gasteiger partial charge is 0.494 e. The lowest BCUT2D eigenvalue weighted by atomic mass is 10.2. The van der Waals surface area contributed by atoms with Gasteiger partial charge in [-0.15, -0.1) is 0 Å². The molecular weight excluding hydrogens is 427 g/mol. The second kappa shape index (κ2) is 10.1. The minimum absolute atomic E-state index is 0.268. The Labute approximate surface area is 184 Å². The Morgan fingerprint density at radius 2 is 1.53 bits per heavy atom. The highest BCUT2D eigenvalue weighted by molar-refractivity contribution is 6.42. The van der Waals surface area contributed by atoms with Crippen LogP contribution < -0.4 is 14.2 Å². The molecule has 0 atom stereocenters. The van der Waals surface area contributed by atoms with Crippen molar-refractivity contribution in [3.8, 4) is 17.2 Å². The molecule has 3 aromatic rings. The third kappa shape index (κ3) is 5.49. The molecule has 0 spiro atoms. The Balaban J connectivity index is 1.74. The highest BCUT2D eigenvalue weighted by Gasteiger charge is 2.13. The molecule has 0 radical (unpaired) electrons. The second-order valence-electron chi connectivity index (χ2n) is 5.98. The van der Waals surface area contributed by atoms with Gasteiger partial charge in [0.2, 0.25) is 0 Å². The first-order chi connectivity index (χ1) is 14.5. The van der Waals surface area contributed by atoms with Crippen molar-refractivity contribution in [3.05, 3.63) is 76.3 Å². The smallest absolute Gasteiger partial charge is 0.343 e. The summed E-state index contributed by atoms with van der Waals surface area (Å²) in [6.45, 7) is 2.44. The van der Waals surface area contributed by atoms with Gasteiger partial charge in [-0.1, -0.05) is 23.2 Å². The number of benzene rings is 3. The normalized spacial score (nSPS) is 10.8. The van der Waals surface area contributed by atoms with E-state index >= 15 is 0 Å². The first-order valence-electron chi connectivity index (χ1n) is 9.00. The number of carbonyl (C=O) groups is 1. The number of methoxy groups -OCH3 is 1. The van der Waals surface area contributed by atoms with E-state index in [0.717, 1.165) is 0 Å². The van der Waals surface area contributed by atoms with E-state index in [-0.39, 0.29) is 5.75 Å². The summed E-state index contributed by atoms with van der Waals surface area (Å²) in [4.78, 5) is 12.4. The molecule has 0 heterocycles. The quantitative estimate of drug-likeness (QED) is 0.222. The molecule has 3 aromatic carbocycles. The molecule has 0 amide bonds. The van der Waals surface area contributed by atoms with Crippen molar-refractivity contribution in [1.82, 2.24) is 0 Å². The number of rotatable bonds is 7. The third-order valence-electron chi connectivity index (χ3n) is 3.94. The van der Waals surface area contributed by atoms with Gasteiger partial charge >= 0.3 is 5.97 Å². The van der Waals surface area contributed by atoms with Crippen molar-refractivity contribution in [2.24, 2.45) is 10.2 Å². The first kappa shape index (κ1) is 21.6. The molecule has 3 rings (SSSR count). The molecule has 0 saturated carbocycles. The van der Waals surface area contributed by atoms with E-state index in [0.29, 0.717) is 45.1 Å². The minimum Gasteiger partial charge on any atom is -0.494 e. The fourth-order valence-electron chi connectivity index (χ4n) is 2.48. The van der Waals surface area contributed by atoms with Gasteiger partial charge in [-0.2, -0.15) is 10.2 Å². The van der Waals surface area contributed by atoms with Gasteiger partial charge in [0.15, 0.2) is 11.5 Å². The number of nitrogens with zero attached hydrogens (tertiary/aromatic N) is 2. The molecule has 0 aliphatic rings. The number of ether oxygens (including phenoxy) is 3. The zero-order valence-electron chi connectivity index (χ0n) is 16.3. The van der Waals surface area contributed by atoms with Gasteiger partial charge in [0, 0.05) is 6.07 Å². The molecule has 0 unspecified atom stereocenters. The standard InChI is InChI=1S/C22H18Cl2N2O4/c1-3-29-17-8-4-14(5-9-17)22(27)30-20-11-7-16(13-21(20)28-2)26-25-15-6-10-18(23)19(24)12-15/h4-13H,3H2,1-2H3. The first-order valence-corrected chi connectivity index (χ1v) is 9.75. The summed E-state index contributed by atoms with van der Waals surface area (Å²) in [6, 6.07) is 16.5. The topological polar surface area (TPSA) is 69.5 Å². The van der Waals surface area contributed by atoms with E-state index in [4.69, 9.17) is 37.4 Å². The average Bonchev–Trinajstić information content (AvgIpc) is 2.76. The van der Waals surface area contributed by atoms with E-state index in [1.165, 1.54) is 7.11 Å². The predicted octanol–water partition coefficient (Wildman–Crippen LogP) is 7.04. The maximum absolute atomic E-state index is 12.4.